The lowest BCUT2D eigenvalue weighted by atomic mass is 10.0. The minimum Gasteiger partial charge on any atom is -0.477 e. The van der Waals surface area contributed by atoms with Crippen molar-refractivity contribution in [1.82, 2.24) is 5.32 Å². The van der Waals surface area contributed by atoms with Crippen molar-refractivity contribution in [2.24, 2.45) is 5.92 Å². The molecule has 2 heterocycles. The van der Waals surface area contributed by atoms with Gasteiger partial charge in [-0.15, -0.1) is 0 Å². The summed E-state index contributed by atoms with van der Waals surface area (Å²) < 4.78 is 5.80. The van der Waals surface area contributed by atoms with Gasteiger partial charge in [-0.1, -0.05) is 48.5 Å². The zero-order chi connectivity index (χ0) is 22.2. The van der Waals surface area contributed by atoms with E-state index in [4.69, 9.17) is 4.74 Å². The smallest absolute Gasteiger partial charge is 0.262 e. The summed E-state index contributed by atoms with van der Waals surface area (Å²) in [6.45, 7) is 0.407. The molecule has 7 heteroatoms. The molecule has 32 heavy (non-hydrogen) atoms. The Bertz CT molecular complexity index is 1220. The van der Waals surface area contributed by atoms with E-state index in [0.29, 0.717) is 18.0 Å². The van der Waals surface area contributed by atoms with Crippen LogP contribution in [0.4, 0.5) is 11.4 Å². The molecule has 2 aliphatic heterocycles. The summed E-state index contributed by atoms with van der Waals surface area (Å²) in [5.74, 6) is -0.569. The standard InChI is InChI=1S/C25H23N3O4/c1-26-24(30)22-15-28(20-10-4-5-12-21(20)32-22)25(31)17-13-23(29)27(14-17)19-11-6-8-16-7-2-3-9-18(16)19/h2-12,17,22H,13-15H2,1H3,(H,26,30)/t17-,22+/m1/s1. The molecule has 3 aromatic carbocycles. The highest BCUT2D eigenvalue weighted by Gasteiger charge is 2.41. The molecule has 3 aromatic rings. The summed E-state index contributed by atoms with van der Waals surface area (Å²) in [4.78, 5) is 42.0. The Morgan fingerprint density at radius 3 is 2.50 bits per heavy atom. The van der Waals surface area contributed by atoms with Crippen LogP contribution in [-0.4, -0.2) is 44.0 Å². The van der Waals surface area contributed by atoms with Gasteiger partial charge in [0.15, 0.2) is 6.10 Å². The van der Waals surface area contributed by atoms with E-state index in [9.17, 15) is 14.4 Å². The zero-order valence-corrected chi connectivity index (χ0v) is 17.7. The van der Waals surface area contributed by atoms with Crippen molar-refractivity contribution >= 4 is 39.9 Å². The van der Waals surface area contributed by atoms with Crippen LogP contribution in [0.2, 0.25) is 0 Å². The van der Waals surface area contributed by atoms with E-state index >= 15 is 0 Å². The highest BCUT2D eigenvalue weighted by Crippen LogP contribution is 2.37. The molecule has 2 aliphatic rings. The number of rotatable bonds is 3. The maximum absolute atomic E-state index is 13.6. The Balaban J connectivity index is 1.44. The first kappa shape index (κ1) is 20.1. The van der Waals surface area contributed by atoms with Crippen molar-refractivity contribution < 1.29 is 19.1 Å². The number of hydrogen-bond donors (Lipinski definition) is 1. The van der Waals surface area contributed by atoms with E-state index in [1.54, 1.807) is 28.0 Å². The lowest BCUT2D eigenvalue weighted by Crippen LogP contribution is -2.51. The fraction of sp³-hybridized carbons (Fsp3) is 0.240. The molecule has 1 saturated heterocycles. The summed E-state index contributed by atoms with van der Waals surface area (Å²) in [6.07, 6.45) is -0.670. The molecule has 0 spiro atoms. The minimum atomic E-state index is -0.801. The lowest BCUT2D eigenvalue weighted by Gasteiger charge is -2.35. The predicted molar refractivity (Wildman–Crippen MR) is 122 cm³/mol. The SMILES string of the molecule is CNC(=O)[C@@H]1CN(C(=O)[C@@H]2CC(=O)N(c3cccc4ccccc34)C2)c2ccccc2O1. The predicted octanol–water partition coefficient (Wildman–Crippen LogP) is 2.73. The summed E-state index contributed by atoms with van der Waals surface area (Å²) in [7, 11) is 1.54. The van der Waals surface area contributed by atoms with E-state index in [2.05, 4.69) is 5.32 Å². The number of benzene rings is 3. The van der Waals surface area contributed by atoms with Gasteiger partial charge in [-0.2, -0.15) is 0 Å². The largest absolute Gasteiger partial charge is 0.477 e. The van der Waals surface area contributed by atoms with Gasteiger partial charge in [0, 0.05) is 25.4 Å². The molecule has 0 unspecified atom stereocenters. The van der Waals surface area contributed by atoms with Crippen LogP contribution in [0, 0.1) is 5.92 Å². The zero-order valence-electron chi connectivity index (χ0n) is 17.7. The van der Waals surface area contributed by atoms with E-state index in [-0.39, 0.29) is 30.7 Å². The van der Waals surface area contributed by atoms with Gasteiger partial charge in [-0.05, 0) is 23.6 Å². The van der Waals surface area contributed by atoms with Gasteiger partial charge in [-0.3, -0.25) is 14.4 Å². The molecule has 1 fully saturated rings. The van der Waals surface area contributed by atoms with Crippen LogP contribution < -0.4 is 19.9 Å². The number of fused-ring (bicyclic) bond motifs is 2. The maximum Gasteiger partial charge on any atom is 0.262 e. The van der Waals surface area contributed by atoms with Crippen molar-refractivity contribution in [3.8, 4) is 5.75 Å². The number of anilines is 2. The second-order valence-corrected chi connectivity index (χ2v) is 8.04. The van der Waals surface area contributed by atoms with Gasteiger partial charge in [0.1, 0.15) is 5.75 Å². The highest BCUT2D eigenvalue weighted by atomic mass is 16.5. The number of amides is 3. The molecular weight excluding hydrogens is 406 g/mol. The van der Waals surface area contributed by atoms with Gasteiger partial charge in [0.05, 0.1) is 23.8 Å². The molecule has 0 radical (unpaired) electrons. The quantitative estimate of drug-likeness (QED) is 0.695. The topological polar surface area (TPSA) is 79.0 Å². The molecule has 0 aromatic heterocycles. The van der Waals surface area contributed by atoms with Crippen LogP contribution in [0.5, 0.6) is 5.75 Å². The fourth-order valence-corrected chi connectivity index (χ4v) is 4.51. The third-order valence-electron chi connectivity index (χ3n) is 6.11. The van der Waals surface area contributed by atoms with Crippen molar-refractivity contribution in [3.05, 3.63) is 66.7 Å². The molecule has 0 bridgehead atoms. The van der Waals surface area contributed by atoms with Crippen LogP contribution in [-0.2, 0) is 14.4 Å². The molecule has 0 aliphatic carbocycles. The second-order valence-electron chi connectivity index (χ2n) is 8.04. The van der Waals surface area contributed by atoms with Crippen molar-refractivity contribution in [2.75, 3.05) is 29.9 Å². The van der Waals surface area contributed by atoms with E-state index < -0.39 is 12.0 Å². The first-order valence-corrected chi connectivity index (χ1v) is 10.6. The van der Waals surface area contributed by atoms with Crippen molar-refractivity contribution in [1.29, 1.82) is 0 Å². The highest BCUT2D eigenvalue weighted by molar-refractivity contribution is 6.09. The molecule has 5 rings (SSSR count). The molecule has 0 saturated carbocycles. The molecule has 2 atom stereocenters. The Morgan fingerprint density at radius 2 is 1.66 bits per heavy atom. The molecule has 1 N–H and O–H groups in total. The normalized spacial score (nSPS) is 20.1. The Kier molecular flexibility index (Phi) is 5.01. The van der Waals surface area contributed by atoms with Gasteiger partial charge in [-0.25, -0.2) is 0 Å². The minimum absolute atomic E-state index is 0.0795. The van der Waals surface area contributed by atoms with E-state index in [1.165, 1.54) is 7.05 Å². The number of likely N-dealkylation sites (N-methyl/N-ethyl adjacent to an activating group) is 1. The fourth-order valence-electron chi connectivity index (χ4n) is 4.51. The van der Waals surface area contributed by atoms with Gasteiger partial charge in [0.2, 0.25) is 11.8 Å². The lowest BCUT2D eigenvalue weighted by molar-refractivity contribution is -0.128. The van der Waals surface area contributed by atoms with Crippen LogP contribution >= 0.6 is 0 Å². The molecule has 3 amide bonds. The van der Waals surface area contributed by atoms with Crippen LogP contribution in [0.3, 0.4) is 0 Å². The number of carbonyl (C=O) groups excluding carboxylic acids is 3. The third-order valence-corrected chi connectivity index (χ3v) is 6.11. The maximum atomic E-state index is 13.6. The van der Waals surface area contributed by atoms with Crippen molar-refractivity contribution in [2.45, 2.75) is 12.5 Å². The summed E-state index contributed by atoms with van der Waals surface area (Å²) in [5.41, 5.74) is 1.43. The summed E-state index contributed by atoms with van der Waals surface area (Å²) in [6, 6.07) is 20.9. The third kappa shape index (κ3) is 3.36. The van der Waals surface area contributed by atoms with Crippen molar-refractivity contribution in [3.63, 3.8) is 0 Å². The van der Waals surface area contributed by atoms with E-state index in [0.717, 1.165) is 16.5 Å². The Hall–Kier alpha value is -3.87. The van der Waals surface area contributed by atoms with Crippen LogP contribution in [0.15, 0.2) is 66.7 Å². The number of para-hydroxylation sites is 2. The number of carbonyl (C=O) groups is 3. The summed E-state index contributed by atoms with van der Waals surface area (Å²) >= 11 is 0. The Labute approximate surface area is 185 Å². The van der Waals surface area contributed by atoms with Gasteiger partial charge >= 0.3 is 0 Å². The molecular formula is C25H23N3O4. The van der Waals surface area contributed by atoms with Crippen LogP contribution in [0.1, 0.15) is 6.42 Å². The van der Waals surface area contributed by atoms with Crippen LogP contribution in [0.25, 0.3) is 10.8 Å². The monoisotopic (exact) mass is 429 g/mol. The summed E-state index contributed by atoms with van der Waals surface area (Å²) in [5, 5.41) is 4.61. The molecule has 162 valence electrons. The average molecular weight is 429 g/mol. The first-order chi connectivity index (χ1) is 15.6. The van der Waals surface area contributed by atoms with Gasteiger partial charge in [0.25, 0.3) is 5.91 Å². The second kappa shape index (κ2) is 8.00. The van der Waals surface area contributed by atoms with Gasteiger partial charge < -0.3 is 19.9 Å². The number of nitrogens with one attached hydrogen (secondary N) is 1. The average Bonchev–Trinajstić information content (AvgIpc) is 3.23. The first-order valence-electron chi connectivity index (χ1n) is 10.6. The number of hydrogen-bond acceptors (Lipinski definition) is 4. The Morgan fingerprint density at radius 1 is 0.938 bits per heavy atom. The number of nitrogens with zero attached hydrogens (tertiary/aromatic N) is 2. The number of ether oxygens (including phenoxy) is 1. The van der Waals surface area contributed by atoms with E-state index in [1.807, 2.05) is 48.5 Å². The molecule has 7 nitrogen and oxygen atoms in total.